The molecule has 0 heterocycles. The van der Waals surface area contributed by atoms with E-state index in [2.05, 4.69) is 0 Å². The molecule has 0 saturated heterocycles. The van der Waals surface area contributed by atoms with E-state index in [0.29, 0.717) is 0 Å². The summed E-state index contributed by atoms with van der Waals surface area (Å²) in [6.45, 7) is -0.817. The summed E-state index contributed by atoms with van der Waals surface area (Å²) in [4.78, 5) is 16.8. The van der Waals surface area contributed by atoms with Gasteiger partial charge in [-0.25, -0.2) is 0 Å². The molecule has 0 saturated carbocycles. The van der Waals surface area contributed by atoms with Gasteiger partial charge < -0.3 is 36.8 Å². The highest BCUT2D eigenvalue weighted by molar-refractivity contribution is 4.52. The fourth-order valence-corrected chi connectivity index (χ4v) is 0.235. The lowest BCUT2D eigenvalue weighted by Gasteiger charge is -2.05. The van der Waals surface area contributed by atoms with E-state index in [9.17, 15) is 10.1 Å². The maximum Gasteiger partial charge on any atom is 0.341 e. The minimum atomic E-state index is -2.09. The number of aliphatic hydroxyl groups excluding tert-OH is 3. The van der Waals surface area contributed by atoms with Gasteiger partial charge in [0, 0.05) is 0 Å². The zero-order valence-electron chi connectivity index (χ0n) is 7.14. The van der Waals surface area contributed by atoms with Crippen molar-refractivity contribution in [2.45, 2.75) is 12.3 Å². The van der Waals surface area contributed by atoms with Crippen LogP contribution in [0.4, 0.5) is 0 Å². The molecule has 0 rings (SSSR count). The number of nitro groups is 1. The average molecular weight is 217 g/mol. The lowest BCUT2D eigenvalue weighted by molar-refractivity contribution is -0.583. The van der Waals surface area contributed by atoms with E-state index in [0.717, 1.165) is 0 Å². The molecule has 0 radical (unpaired) electrons. The Kier molecular flexibility index (Phi) is 12.4. The van der Waals surface area contributed by atoms with Crippen LogP contribution in [0.2, 0.25) is 0 Å². The minimum absolute atomic E-state index is 0. The Morgan fingerprint density at radius 1 is 1.14 bits per heavy atom. The van der Waals surface area contributed by atoms with Crippen molar-refractivity contribution in [2.24, 2.45) is 0 Å². The zero-order valence-corrected chi connectivity index (χ0v) is 7.14. The van der Waals surface area contributed by atoms with E-state index in [1.807, 2.05) is 0 Å². The van der Waals surface area contributed by atoms with E-state index < -0.39 is 28.9 Å². The van der Waals surface area contributed by atoms with Gasteiger partial charge in [0.15, 0.2) is 6.10 Å². The molecule has 0 aliphatic rings. The van der Waals surface area contributed by atoms with Crippen molar-refractivity contribution < 1.29 is 25.3 Å². The topological polar surface area (TPSA) is 207 Å². The third-order valence-corrected chi connectivity index (χ3v) is 0.747. The number of nitrogens with zero attached hydrogens (tertiary/aromatic N) is 2. The van der Waals surface area contributed by atoms with Gasteiger partial charge in [0.25, 0.3) is 0 Å². The first-order valence-corrected chi connectivity index (χ1v) is 2.75. The van der Waals surface area contributed by atoms with Crippen LogP contribution in [-0.4, -0.2) is 44.3 Å². The Hall–Kier alpha value is -1.56. The molecular formula is C3H11N3O8. The maximum absolute atomic E-state index is 9.58. The smallest absolute Gasteiger partial charge is 0.341 e. The number of quaternary nitrogens is 1. The first kappa shape index (κ1) is 18.3. The summed E-state index contributed by atoms with van der Waals surface area (Å²) in [5.74, 6) is 0. The molecule has 0 aromatic heterocycles. The van der Waals surface area contributed by atoms with Gasteiger partial charge in [0.1, 0.15) is 0 Å². The number of rotatable bonds is 3. The van der Waals surface area contributed by atoms with Crippen molar-refractivity contribution in [2.75, 3.05) is 6.61 Å². The van der Waals surface area contributed by atoms with Crippen LogP contribution in [0, 0.1) is 25.4 Å². The van der Waals surface area contributed by atoms with Crippen LogP contribution < -0.4 is 6.15 Å². The van der Waals surface area contributed by atoms with Crippen molar-refractivity contribution in [1.29, 1.82) is 0 Å². The van der Waals surface area contributed by atoms with Crippen LogP contribution >= 0.6 is 0 Å². The summed E-state index contributed by atoms with van der Waals surface area (Å²) in [6, 6.07) is 0. The maximum atomic E-state index is 9.58. The Morgan fingerprint density at radius 2 is 1.43 bits per heavy atom. The summed E-state index contributed by atoms with van der Waals surface area (Å²) in [5, 5.41) is 49.0. The Labute approximate surface area is 77.0 Å². The molecule has 14 heavy (non-hydrogen) atoms. The van der Waals surface area contributed by atoms with E-state index in [1.54, 1.807) is 0 Å². The fraction of sp³-hybridized carbons (Fsp3) is 1.00. The molecule has 2 atom stereocenters. The molecule has 86 valence electrons. The summed E-state index contributed by atoms with van der Waals surface area (Å²) in [6.07, 6.45) is -3.78. The Morgan fingerprint density at radius 3 is 1.50 bits per heavy atom. The molecule has 11 nitrogen and oxygen atoms in total. The lowest BCUT2D eigenvalue weighted by Crippen LogP contribution is -2.35. The van der Waals surface area contributed by atoms with Crippen LogP contribution in [0.5, 0.6) is 0 Å². The minimum Gasteiger partial charge on any atom is -0.393 e. The quantitative estimate of drug-likeness (QED) is 0.237. The molecule has 0 aliphatic heterocycles. The number of hydrogen-bond donors (Lipinski definition) is 4. The molecule has 7 N–H and O–H groups in total. The van der Waals surface area contributed by atoms with E-state index >= 15 is 0 Å². The molecule has 2 unspecified atom stereocenters. The predicted octanol–water partition coefficient (Wildman–Crippen LogP) is -1.93. The van der Waals surface area contributed by atoms with Crippen LogP contribution in [-0.2, 0) is 0 Å². The van der Waals surface area contributed by atoms with Crippen LogP contribution in [0.25, 0.3) is 0 Å². The van der Waals surface area contributed by atoms with E-state index in [-0.39, 0.29) is 6.15 Å². The molecule has 11 heteroatoms. The standard InChI is InChI=1S/C3H7NO5.NO3.H3N/c5-1-2(6)3(7)4(8)9;2-1(3)4;/h2-3,5-7H,1H2;;1H3/q;-1;/p+1. The van der Waals surface area contributed by atoms with Crippen LogP contribution in [0.15, 0.2) is 0 Å². The van der Waals surface area contributed by atoms with Gasteiger partial charge >= 0.3 is 6.23 Å². The number of aliphatic hydroxyl groups is 3. The van der Waals surface area contributed by atoms with Crippen molar-refractivity contribution >= 4 is 0 Å². The highest BCUT2D eigenvalue weighted by Crippen LogP contribution is 1.91. The molecule has 0 aromatic rings. The third kappa shape index (κ3) is 13.1. The zero-order chi connectivity index (χ0) is 11.0. The Bertz CT molecular complexity index is 169. The first-order valence-electron chi connectivity index (χ1n) is 2.75. The van der Waals surface area contributed by atoms with Gasteiger partial charge in [-0.1, -0.05) is 0 Å². The van der Waals surface area contributed by atoms with Gasteiger partial charge in [0.05, 0.1) is 16.6 Å². The van der Waals surface area contributed by atoms with Gasteiger partial charge in [-0.05, 0) is 0 Å². The summed E-state index contributed by atoms with van der Waals surface area (Å²) in [5.41, 5.74) is 0. The van der Waals surface area contributed by atoms with Crippen molar-refractivity contribution in [1.82, 2.24) is 6.15 Å². The second kappa shape index (κ2) is 9.53. The average Bonchev–Trinajstić information content (AvgIpc) is 2.00. The van der Waals surface area contributed by atoms with Crippen molar-refractivity contribution in [3.63, 3.8) is 0 Å². The first-order chi connectivity index (χ1) is 5.82. The molecule has 0 fully saturated rings. The highest BCUT2D eigenvalue weighted by Gasteiger charge is 2.25. The second-order valence-corrected chi connectivity index (χ2v) is 1.67. The normalized spacial score (nSPS) is 12.5. The number of hydrogen-bond acceptors (Lipinski definition) is 8. The van der Waals surface area contributed by atoms with Gasteiger partial charge in [-0.2, -0.15) is 0 Å². The highest BCUT2D eigenvalue weighted by atomic mass is 16.9. The largest absolute Gasteiger partial charge is 0.393 e. The summed E-state index contributed by atoms with van der Waals surface area (Å²) >= 11 is 0. The van der Waals surface area contributed by atoms with E-state index in [4.69, 9.17) is 30.6 Å². The van der Waals surface area contributed by atoms with Gasteiger partial charge in [0.2, 0.25) is 0 Å². The van der Waals surface area contributed by atoms with Crippen LogP contribution in [0.1, 0.15) is 0 Å². The summed E-state index contributed by atoms with van der Waals surface area (Å²) in [7, 11) is 0. The fourth-order valence-electron chi connectivity index (χ4n) is 0.235. The van der Waals surface area contributed by atoms with Gasteiger partial charge in [-0.15, -0.1) is 0 Å². The monoisotopic (exact) mass is 217 g/mol. The van der Waals surface area contributed by atoms with Crippen LogP contribution in [0.3, 0.4) is 0 Å². The molecule has 0 amide bonds. The summed E-state index contributed by atoms with van der Waals surface area (Å²) < 4.78 is 0. The Balaban J connectivity index is -0.000000209. The third-order valence-electron chi connectivity index (χ3n) is 0.747. The second-order valence-electron chi connectivity index (χ2n) is 1.67. The molecule has 0 aromatic carbocycles. The van der Waals surface area contributed by atoms with E-state index in [1.165, 1.54) is 0 Å². The van der Waals surface area contributed by atoms with Crippen molar-refractivity contribution in [3.05, 3.63) is 25.4 Å². The van der Waals surface area contributed by atoms with Gasteiger partial charge in [-0.3, -0.25) is 10.1 Å². The molecule has 0 spiro atoms. The molecule has 0 aliphatic carbocycles. The SMILES string of the molecule is O=[N+]([O-])C(O)C(O)CO.O=[N+]([O-])[O-].[NH4+]. The predicted molar refractivity (Wildman–Crippen MR) is 42.4 cm³/mol. The lowest BCUT2D eigenvalue weighted by atomic mass is 10.3. The molecule has 0 bridgehead atoms. The molecular weight excluding hydrogens is 206 g/mol. The van der Waals surface area contributed by atoms with Crippen molar-refractivity contribution in [3.8, 4) is 0 Å².